The van der Waals surface area contributed by atoms with Crippen molar-refractivity contribution in [2.75, 3.05) is 6.54 Å². The fourth-order valence-corrected chi connectivity index (χ4v) is 3.06. The maximum absolute atomic E-state index is 10.4. The summed E-state index contributed by atoms with van der Waals surface area (Å²) in [6.07, 6.45) is 6.36. The van der Waals surface area contributed by atoms with Gasteiger partial charge in [-0.3, -0.25) is 0 Å². The molecule has 0 saturated heterocycles. The van der Waals surface area contributed by atoms with Crippen molar-refractivity contribution >= 4 is 11.6 Å². The number of benzene rings is 1. The standard InChI is InChI=1S/C18H24ClN7O/c1-18(2,3)26-17(22-23-24-26)16(14-11-13(19)5-6-15(14)27)21-7-4-9-25-10-8-20-12-25/h5-6,8,10-12,16,21,27H,4,7,9H2,1-3H3. The van der Waals surface area contributed by atoms with E-state index in [0.29, 0.717) is 23.0 Å². The van der Waals surface area contributed by atoms with Gasteiger partial charge in [-0.15, -0.1) is 5.10 Å². The van der Waals surface area contributed by atoms with Gasteiger partial charge in [0.05, 0.1) is 17.9 Å². The lowest BCUT2D eigenvalue weighted by Gasteiger charge is -2.25. The van der Waals surface area contributed by atoms with Crippen LogP contribution in [0.3, 0.4) is 0 Å². The van der Waals surface area contributed by atoms with Crippen LogP contribution in [0.1, 0.15) is 44.6 Å². The molecule has 0 bridgehead atoms. The van der Waals surface area contributed by atoms with Gasteiger partial charge in [-0.05, 0) is 62.4 Å². The van der Waals surface area contributed by atoms with E-state index in [4.69, 9.17) is 11.6 Å². The van der Waals surface area contributed by atoms with Crippen molar-refractivity contribution in [3.63, 3.8) is 0 Å². The van der Waals surface area contributed by atoms with Crippen molar-refractivity contribution in [2.24, 2.45) is 0 Å². The lowest BCUT2D eigenvalue weighted by atomic mass is 10.0. The van der Waals surface area contributed by atoms with E-state index in [9.17, 15) is 5.11 Å². The first kappa shape index (κ1) is 19.3. The van der Waals surface area contributed by atoms with E-state index >= 15 is 0 Å². The number of halogens is 1. The zero-order chi connectivity index (χ0) is 19.4. The van der Waals surface area contributed by atoms with Crippen LogP contribution >= 0.6 is 11.6 Å². The molecule has 0 spiro atoms. The normalized spacial score (nSPS) is 13.0. The number of rotatable bonds is 7. The fraction of sp³-hybridized carbons (Fsp3) is 0.444. The molecule has 3 aromatic rings. The summed E-state index contributed by atoms with van der Waals surface area (Å²) in [5.41, 5.74) is 0.342. The molecule has 9 heteroatoms. The zero-order valence-corrected chi connectivity index (χ0v) is 16.4. The van der Waals surface area contributed by atoms with E-state index in [2.05, 4.69) is 25.8 Å². The summed E-state index contributed by atoms with van der Waals surface area (Å²) in [6.45, 7) is 7.62. The molecule has 144 valence electrons. The summed E-state index contributed by atoms with van der Waals surface area (Å²) < 4.78 is 3.79. The zero-order valence-electron chi connectivity index (χ0n) is 15.7. The lowest BCUT2D eigenvalue weighted by molar-refractivity contribution is 0.323. The van der Waals surface area contributed by atoms with Gasteiger partial charge in [-0.1, -0.05) is 11.6 Å². The average Bonchev–Trinajstić information content (AvgIpc) is 3.28. The van der Waals surface area contributed by atoms with Crippen molar-refractivity contribution in [1.82, 2.24) is 35.1 Å². The topological polar surface area (TPSA) is 93.7 Å². The number of nitrogens with zero attached hydrogens (tertiary/aromatic N) is 6. The molecule has 8 nitrogen and oxygen atoms in total. The number of hydrogen-bond acceptors (Lipinski definition) is 6. The summed E-state index contributed by atoms with van der Waals surface area (Å²) in [4.78, 5) is 4.05. The van der Waals surface area contributed by atoms with Crippen LogP contribution in [0.5, 0.6) is 5.75 Å². The Kier molecular flexibility index (Phi) is 5.76. The van der Waals surface area contributed by atoms with Crippen LogP contribution < -0.4 is 5.32 Å². The number of tetrazole rings is 1. The second-order valence-electron chi connectivity index (χ2n) is 7.36. The number of phenols is 1. The van der Waals surface area contributed by atoms with Crippen LogP contribution in [-0.2, 0) is 12.1 Å². The molecule has 0 aliphatic rings. The van der Waals surface area contributed by atoms with Gasteiger partial charge in [-0.25, -0.2) is 9.67 Å². The smallest absolute Gasteiger partial charge is 0.173 e. The van der Waals surface area contributed by atoms with Crippen LogP contribution in [0.25, 0.3) is 0 Å². The largest absolute Gasteiger partial charge is 0.508 e. The molecule has 27 heavy (non-hydrogen) atoms. The summed E-state index contributed by atoms with van der Waals surface area (Å²) in [5, 5.41) is 26.6. The number of aryl methyl sites for hydroxylation is 1. The van der Waals surface area contributed by atoms with Gasteiger partial charge in [0, 0.05) is 29.5 Å². The molecule has 0 radical (unpaired) electrons. The molecule has 0 aliphatic heterocycles. The molecule has 3 rings (SSSR count). The van der Waals surface area contributed by atoms with Gasteiger partial charge in [0.1, 0.15) is 5.75 Å². The maximum Gasteiger partial charge on any atom is 0.173 e. The third-order valence-electron chi connectivity index (χ3n) is 4.19. The summed E-state index contributed by atoms with van der Waals surface area (Å²) >= 11 is 6.17. The second-order valence-corrected chi connectivity index (χ2v) is 7.80. The molecule has 1 aromatic carbocycles. The monoisotopic (exact) mass is 389 g/mol. The Labute approximate surface area is 163 Å². The Bertz CT molecular complexity index is 870. The van der Waals surface area contributed by atoms with Crippen molar-refractivity contribution in [3.05, 3.63) is 53.3 Å². The van der Waals surface area contributed by atoms with E-state index in [1.807, 2.05) is 31.5 Å². The Morgan fingerprint density at radius 2 is 2.11 bits per heavy atom. The van der Waals surface area contributed by atoms with Gasteiger partial charge in [0.2, 0.25) is 0 Å². The number of imidazole rings is 1. The molecule has 0 fully saturated rings. The van der Waals surface area contributed by atoms with Crippen LogP contribution in [0.15, 0.2) is 36.9 Å². The quantitative estimate of drug-likeness (QED) is 0.603. The highest BCUT2D eigenvalue weighted by Gasteiger charge is 2.28. The minimum atomic E-state index is -0.388. The van der Waals surface area contributed by atoms with Gasteiger partial charge >= 0.3 is 0 Å². The molecule has 2 aromatic heterocycles. The molecule has 1 atom stereocenters. The maximum atomic E-state index is 10.4. The van der Waals surface area contributed by atoms with Crippen molar-refractivity contribution in [1.29, 1.82) is 0 Å². The highest BCUT2D eigenvalue weighted by molar-refractivity contribution is 6.30. The van der Waals surface area contributed by atoms with Crippen molar-refractivity contribution < 1.29 is 5.11 Å². The molecular weight excluding hydrogens is 366 g/mol. The molecular formula is C18H24ClN7O. The molecule has 0 amide bonds. The van der Waals surface area contributed by atoms with Crippen molar-refractivity contribution in [3.8, 4) is 5.75 Å². The number of nitrogens with one attached hydrogen (secondary N) is 1. The van der Waals surface area contributed by atoms with Crippen LogP contribution in [0, 0.1) is 0 Å². The Hall–Kier alpha value is -2.45. The molecule has 0 aliphatic carbocycles. The Morgan fingerprint density at radius 1 is 1.30 bits per heavy atom. The van der Waals surface area contributed by atoms with Crippen LogP contribution in [0.4, 0.5) is 0 Å². The third-order valence-corrected chi connectivity index (χ3v) is 4.42. The number of phenolic OH excluding ortho intramolecular Hbond substituents is 1. The van der Waals surface area contributed by atoms with Gasteiger partial charge in [0.25, 0.3) is 0 Å². The SMILES string of the molecule is CC(C)(C)n1nnnc1C(NCCCn1ccnc1)c1cc(Cl)ccc1O. The molecule has 2 heterocycles. The first-order valence-electron chi connectivity index (χ1n) is 8.82. The Balaban J connectivity index is 1.85. The van der Waals surface area contributed by atoms with Crippen molar-refractivity contribution in [2.45, 2.75) is 45.3 Å². The first-order chi connectivity index (χ1) is 12.9. The summed E-state index contributed by atoms with van der Waals surface area (Å²) in [7, 11) is 0. The van der Waals surface area contributed by atoms with Gasteiger partial charge < -0.3 is 15.0 Å². The minimum absolute atomic E-state index is 0.148. The molecule has 1 unspecified atom stereocenters. The van der Waals surface area contributed by atoms with Gasteiger partial charge in [0.15, 0.2) is 5.82 Å². The van der Waals surface area contributed by atoms with E-state index in [1.165, 1.54) is 0 Å². The van der Waals surface area contributed by atoms with E-state index in [1.54, 1.807) is 35.4 Å². The van der Waals surface area contributed by atoms with E-state index in [-0.39, 0.29) is 17.3 Å². The minimum Gasteiger partial charge on any atom is -0.508 e. The van der Waals surface area contributed by atoms with Crippen LogP contribution in [-0.4, -0.2) is 41.4 Å². The highest BCUT2D eigenvalue weighted by Crippen LogP contribution is 2.32. The number of aromatic hydroxyl groups is 1. The lowest BCUT2D eigenvalue weighted by Crippen LogP contribution is -2.32. The highest BCUT2D eigenvalue weighted by atomic mass is 35.5. The predicted octanol–water partition coefficient (Wildman–Crippen LogP) is 2.75. The fourth-order valence-electron chi connectivity index (χ4n) is 2.88. The second kappa shape index (κ2) is 8.06. The van der Waals surface area contributed by atoms with E-state index < -0.39 is 0 Å². The van der Waals surface area contributed by atoms with Crippen LogP contribution in [0.2, 0.25) is 5.02 Å². The first-order valence-corrected chi connectivity index (χ1v) is 9.20. The summed E-state index contributed by atoms with van der Waals surface area (Å²) in [5.74, 6) is 0.776. The number of aromatic nitrogens is 6. The average molecular weight is 390 g/mol. The molecule has 0 saturated carbocycles. The summed E-state index contributed by atoms with van der Waals surface area (Å²) in [6, 6.07) is 4.60. The van der Waals surface area contributed by atoms with E-state index in [0.717, 1.165) is 13.0 Å². The third kappa shape index (κ3) is 4.64. The Morgan fingerprint density at radius 3 is 2.81 bits per heavy atom. The predicted molar refractivity (Wildman–Crippen MR) is 103 cm³/mol. The van der Waals surface area contributed by atoms with Gasteiger partial charge in [-0.2, -0.15) is 0 Å². The number of hydrogen-bond donors (Lipinski definition) is 2. The molecule has 2 N–H and O–H groups in total.